The van der Waals surface area contributed by atoms with Gasteiger partial charge in [-0.1, -0.05) is 59.7 Å². The van der Waals surface area contributed by atoms with Crippen molar-refractivity contribution < 1.29 is 76.6 Å². The third kappa shape index (κ3) is 12.8. The maximum absolute atomic E-state index is 15.3. The van der Waals surface area contributed by atoms with Crippen molar-refractivity contribution in [3.8, 4) is 0 Å². The van der Waals surface area contributed by atoms with Crippen LogP contribution < -0.4 is 9.80 Å². The van der Waals surface area contributed by atoms with Gasteiger partial charge in [-0.2, -0.15) is 35.0 Å². The lowest BCUT2D eigenvalue weighted by Crippen LogP contribution is -2.49. The average molecular weight is 1180 g/mol. The summed E-state index contributed by atoms with van der Waals surface area (Å²) in [5.41, 5.74) is 1.95. The SMILES string of the molecule is Cc1cc(C)c(S(=O)(=O)N(Cc2ccc(N3CCCC(C(C)(C(=O)O)c4cc(CN(Cc5ccc(N6CCCC(CC(=O)O)C6=O)cc5)S(=O)(=O)c5c(C)cc(C)cc5C)oc4C(F)(F)F)C3)cc2)Cc2ccc(C(F)(F)F)o2)c(C)c1. The van der Waals surface area contributed by atoms with Gasteiger partial charge in [0.2, 0.25) is 37.5 Å². The number of hydrogen-bond acceptors (Lipinski definition) is 10. The summed E-state index contributed by atoms with van der Waals surface area (Å²) in [6.45, 7) is 9.78. The van der Waals surface area contributed by atoms with Crippen LogP contribution in [0.15, 0.2) is 110 Å². The first-order chi connectivity index (χ1) is 38.3. The van der Waals surface area contributed by atoms with Crippen LogP contribution in [0.5, 0.6) is 0 Å². The molecule has 0 radical (unpaired) electrons. The van der Waals surface area contributed by atoms with Crippen LogP contribution in [0, 0.1) is 53.4 Å². The fourth-order valence-corrected chi connectivity index (χ4v) is 15.3. The average Bonchev–Trinajstić information content (AvgIpc) is 2.71. The van der Waals surface area contributed by atoms with Crippen LogP contribution in [0.4, 0.5) is 37.7 Å². The Bertz CT molecular complexity index is 3570. The van der Waals surface area contributed by atoms with Crippen LogP contribution >= 0.6 is 0 Å². The molecule has 8 rings (SSSR count). The lowest BCUT2D eigenvalue weighted by Gasteiger charge is -2.42. The largest absolute Gasteiger partial charge is 0.481 e. The molecule has 82 heavy (non-hydrogen) atoms. The number of carbonyl (C=O) groups is 3. The zero-order chi connectivity index (χ0) is 60.0. The fourth-order valence-electron chi connectivity index (χ4n) is 11.7. The normalized spacial score (nSPS) is 17.4. The molecule has 23 heteroatoms. The monoisotopic (exact) mass is 1180 g/mol. The minimum Gasteiger partial charge on any atom is -0.481 e. The van der Waals surface area contributed by atoms with Gasteiger partial charge in [0.1, 0.15) is 11.5 Å². The molecule has 0 aliphatic carbocycles. The number of piperidine rings is 2. The second kappa shape index (κ2) is 23.4. The number of carboxylic acids is 2. The molecule has 0 saturated carbocycles. The number of halogens is 6. The molecule has 440 valence electrons. The fraction of sp³-hybridized carbons (Fsp3) is 0.407. The van der Waals surface area contributed by atoms with E-state index in [1.807, 2.05) is 0 Å². The number of aryl methyl sites for hydroxylation is 6. The molecule has 3 atom stereocenters. The van der Waals surface area contributed by atoms with Crippen LogP contribution in [0.2, 0.25) is 0 Å². The molecule has 0 bridgehead atoms. The molecule has 4 heterocycles. The minimum absolute atomic E-state index is 0.0159. The van der Waals surface area contributed by atoms with E-state index < -0.39 is 104 Å². The third-order valence-corrected chi connectivity index (χ3v) is 19.7. The molecular weight excluding hydrogens is 1120 g/mol. The molecule has 0 spiro atoms. The Hall–Kier alpha value is -6.95. The molecule has 4 aromatic carbocycles. The molecule has 2 aliphatic rings. The first kappa shape index (κ1) is 61.1. The molecular formula is C59H64F6N4O11S2. The van der Waals surface area contributed by atoms with Gasteiger partial charge < -0.3 is 28.8 Å². The van der Waals surface area contributed by atoms with Crippen molar-refractivity contribution in [2.24, 2.45) is 11.8 Å². The number of carbonyl (C=O) groups excluding carboxylic acids is 1. The van der Waals surface area contributed by atoms with Crippen LogP contribution in [-0.2, 0) is 78.4 Å². The summed E-state index contributed by atoms with van der Waals surface area (Å²) < 4.78 is 158. The highest BCUT2D eigenvalue weighted by Gasteiger charge is 2.52. The van der Waals surface area contributed by atoms with E-state index >= 15 is 13.2 Å². The van der Waals surface area contributed by atoms with E-state index in [1.165, 1.54) is 11.8 Å². The van der Waals surface area contributed by atoms with Crippen LogP contribution in [0.3, 0.4) is 0 Å². The van der Waals surface area contributed by atoms with Gasteiger partial charge in [0.15, 0.2) is 0 Å². The Labute approximate surface area is 472 Å². The van der Waals surface area contributed by atoms with Crippen LogP contribution in [0.1, 0.15) is 112 Å². The van der Waals surface area contributed by atoms with Crippen molar-refractivity contribution in [2.45, 2.75) is 134 Å². The first-order valence-corrected chi connectivity index (χ1v) is 29.4. The van der Waals surface area contributed by atoms with Gasteiger partial charge in [0.05, 0.1) is 34.7 Å². The van der Waals surface area contributed by atoms with E-state index in [1.54, 1.807) is 119 Å². The van der Waals surface area contributed by atoms with Gasteiger partial charge in [-0.25, -0.2) is 16.8 Å². The van der Waals surface area contributed by atoms with Gasteiger partial charge in [-0.3, -0.25) is 14.4 Å². The summed E-state index contributed by atoms with van der Waals surface area (Å²) in [5.74, 6) is -8.43. The van der Waals surface area contributed by atoms with E-state index in [0.29, 0.717) is 77.1 Å². The molecule has 1 amide bonds. The molecule has 2 aliphatic heterocycles. The number of aliphatic carboxylic acids is 2. The first-order valence-electron chi connectivity index (χ1n) is 26.5. The van der Waals surface area contributed by atoms with Crippen LogP contribution in [0.25, 0.3) is 0 Å². The predicted octanol–water partition coefficient (Wildman–Crippen LogP) is 12.0. The van der Waals surface area contributed by atoms with Crippen molar-refractivity contribution in [3.05, 3.63) is 164 Å². The topological polar surface area (TPSA) is 199 Å². The van der Waals surface area contributed by atoms with E-state index in [9.17, 15) is 54.6 Å². The summed E-state index contributed by atoms with van der Waals surface area (Å²) >= 11 is 0. The molecule has 3 unspecified atom stereocenters. The van der Waals surface area contributed by atoms with Gasteiger partial charge in [-0.05, 0) is 156 Å². The van der Waals surface area contributed by atoms with E-state index in [-0.39, 0.29) is 47.4 Å². The van der Waals surface area contributed by atoms with E-state index in [2.05, 4.69) is 0 Å². The summed E-state index contributed by atoms with van der Waals surface area (Å²) in [5, 5.41) is 20.4. The number of anilines is 2. The Kier molecular flexibility index (Phi) is 17.4. The van der Waals surface area contributed by atoms with Gasteiger partial charge in [-0.15, -0.1) is 0 Å². The Morgan fingerprint density at radius 3 is 1.57 bits per heavy atom. The number of benzene rings is 4. The number of hydrogen-bond donors (Lipinski definition) is 2. The number of nitrogens with zero attached hydrogens (tertiary/aromatic N) is 4. The molecule has 15 nitrogen and oxygen atoms in total. The lowest BCUT2D eigenvalue weighted by molar-refractivity contribution is -0.157. The highest BCUT2D eigenvalue weighted by Crippen LogP contribution is 2.47. The molecule has 2 N–H and O–H groups in total. The molecule has 2 aromatic heterocycles. The highest BCUT2D eigenvalue weighted by atomic mass is 32.2. The number of furan rings is 2. The molecule has 2 fully saturated rings. The number of alkyl halides is 6. The van der Waals surface area contributed by atoms with Crippen molar-refractivity contribution >= 4 is 49.3 Å². The minimum atomic E-state index is -5.25. The summed E-state index contributed by atoms with van der Waals surface area (Å²) in [6.07, 6.45) is -8.95. The lowest BCUT2D eigenvalue weighted by atomic mass is 9.68. The summed E-state index contributed by atoms with van der Waals surface area (Å²) in [6, 6.07) is 22.2. The van der Waals surface area contributed by atoms with Crippen molar-refractivity contribution in [1.29, 1.82) is 0 Å². The Balaban J connectivity index is 1.09. The second-order valence-electron chi connectivity index (χ2n) is 21.8. The molecule has 2 saturated heterocycles. The maximum Gasteiger partial charge on any atom is 0.449 e. The molecule has 6 aromatic rings. The third-order valence-electron chi connectivity index (χ3n) is 15.5. The summed E-state index contributed by atoms with van der Waals surface area (Å²) in [4.78, 5) is 41.6. The van der Waals surface area contributed by atoms with Crippen molar-refractivity contribution in [3.63, 3.8) is 0 Å². The van der Waals surface area contributed by atoms with Gasteiger partial charge >= 0.3 is 24.3 Å². The summed E-state index contributed by atoms with van der Waals surface area (Å²) in [7, 11) is -8.94. The number of rotatable bonds is 19. The van der Waals surface area contributed by atoms with Gasteiger partial charge in [0, 0.05) is 55.6 Å². The van der Waals surface area contributed by atoms with Gasteiger partial charge in [0.25, 0.3) is 0 Å². The van der Waals surface area contributed by atoms with E-state index in [0.717, 1.165) is 37.9 Å². The quantitative estimate of drug-likeness (QED) is 0.0729. The zero-order valence-corrected chi connectivity index (χ0v) is 47.9. The Morgan fingerprint density at radius 2 is 1.11 bits per heavy atom. The van der Waals surface area contributed by atoms with E-state index in [4.69, 9.17) is 8.83 Å². The predicted molar refractivity (Wildman–Crippen MR) is 292 cm³/mol. The smallest absolute Gasteiger partial charge is 0.449 e. The number of amides is 1. The number of sulfonamides is 2. The van der Waals surface area contributed by atoms with Crippen molar-refractivity contribution in [2.75, 3.05) is 29.4 Å². The standard InChI is InChI=1S/C59H64F6N4O11S2/c1-35-24-37(3)52(38(4)25-35)81(75,76)67(33-47-20-21-50(79-47)58(60,61)62)30-41-12-16-45(17-13-41)66-22-9-11-44(32-66)57(7,56(73)74)49-29-48(80-54(49)59(63,64)65)34-68(82(77,78)53-39(5)26-36(2)27-40(53)6)31-42-14-18-46(19-15-42)69-23-8-10-43(55(69)72)28-51(70)71/h12-21,24-27,29,43-44H,8-11,22-23,28,30-34H2,1-7H3,(H,70,71)(H,73,74). The maximum atomic E-state index is 15.3. The number of carboxylic acid groups (broad SMARTS) is 2. The highest BCUT2D eigenvalue weighted by molar-refractivity contribution is 7.89. The second-order valence-corrected chi connectivity index (χ2v) is 25.5. The Morgan fingerprint density at radius 1 is 0.622 bits per heavy atom. The van der Waals surface area contributed by atoms with Crippen molar-refractivity contribution in [1.82, 2.24) is 8.61 Å². The van der Waals surface area contributed by atoms with Crippen LogP contribution in [-0.4, -0.2) is 73.1 Å². The zero-order valence-electron chi connectivity index (χ0n) is 46.2.